The predicted octanol–water partition coefficient (Wildman–Crippen LogP) is 3.03. The number of nitrogens with zero attached hydrogens (tertiary/aromatic N) is 1. The summed E-state index contributed by atoms with van der Waals surface area (Å²) in [6.45, 7) is 4.61. The molecular weight excluding hydrogens is 263 g/mol. The van der Waals surface area contributed by atoms with Gasteiger partial charge in [0.2, 0.25) is 0 Å². The lowest BCUT2D eigenvalue weighted by molar-refractivity contribution is 0.0697. The number of urea groups is 1. The minimum Gasteiger partial charge on any atom is -0.478 e. The molecule has 0 aliphatic carbocycles. The average Bonchev–Trinajstić information content (AvgIpc) is 2.40. The van der Waals surface area contributed by atoms with Crippen LogP contribution in [0.4, 0.5) is 14.9 Å². The van der Waals surface area contributed by atoms with Crippen LogP contribution in [0.2, 0.25) is 0 Å². The molecule has 0 saturated heterocycles. The van der Waals surface area contributed by atoms with Gasteiger partial charge in [0.15, 0.2) is 0 Å². The molecule has 1 atom stereocenters. The van der Waals surface area contributed by atoms with Crippen LogP contribution >= 0.6 is 0 Å². The molecule has 110 valence electrons. The Labute approximate surface area is 117 Å². The van der Waals surface area contributed by atoms with Crippen LogP contribution in [0.25, 0.3) is 0 Å². The standard InChI is InChI=1S/C14H19FN2O3/c1-4-9(2)8-17(3)14(20)16-12-6-5-10(15)7-11(12)13(18)19/h5-7,9H,4,8H2,1-3H3,(H,16,20)(H,18,19). The largest absolute Gasteiger partial charge is 0.478 e. The van der Waals surface area contributed by atoms with Gasteiger partial charge in [0.25, 0.3) is 0 Å². The number of halogens is 1. The number of hydrogen-bond acceptors (Lipinski definition) is 2. The van der Waals surface area contributed by atoms with E-state index in [0.29, 0.717) is 12.5 Å². The van der Waals surface area contributed by atoms with E-state index >= 15 is 0 Å². The molecule has 2 N–H and O–H groups in total. The lowest BCUT2D eigenvalue weighted by atomic mass is 10.1. The van der Waals surface area contributed by atoms with Crippen molar-refractivity contribution in [3.63, 3.8) is 0 Å². The zero-order chi connectivity index (χ0) is 15.3. The van der Waals surface area contributed by atoms with E-state index in [9.17, 15) is 14.0 Å². The summed E-state index contributed by atoms with van der Waals surface area (Å²) in [7, 11) is 1.63. The Morgan fingerprint density at radius 3 is 2.65 bits per heavy atom. The molecule has 0 radical (unpaired) electrons. The average molecular weight is 282 g/mol. The first-order valence-electron chi connectivity index (χ1n) is 6.40. The molecule has 0 spiro atoms. The highest BCUT2D eigenvalue weighted by Crippen LogP contribution is 2.17. The number of nitrogens with one attached hydrogen (secondary N) is 1. The van der Waals surface area contributed by atoms with Crippen molar-refractivity contribution in [1.82, 2.24) is 4.90 Å². The highest BCUT2D eigenvalue weighted by Gasteiger charge is 2.16. The second-order valence-corrected chi connectivity index (χ2v) is 4.82. The summed E-state index contributed by atoms with van der Waals surface area (Å²) in [5.74, 6) is -1.60. The number of benzene rings is 1. The molecule has 0 fully saturated rings. The summed E-state index contributed by atoms with van der Waals surface area (Å²) in [5.41, 5.74) is -0.185. The first kappa shape index (κ1) is 15.9. The number of amides is 2. The third-order valence-electron chi connectivity index (χ3n) is 3.08. The zero-order valence-corrected chi connectivity index (χ0v) is 11.8. The molecule has 0 bridgehead atoms. The highest BCUT2D eigenvalue weighted by atomic mass is 19.1. The third kappa shape index (κ3) is 4.22. The van der Waals surface area contributed by atoms with E-state index in [1.54, 1.807) is 7.05 Å². The number of carbonyl (C=O) groups excluding carboxylic acids is 1. The molecule has 2 amide bonds. The van der Waals surface area contributed by atoms with Gasteiger partial charge in [-0.3, -0.25) is 0 Å². The Morgan fingerprint density at radius 2 is 2.10 bits per heavy atom. The lowest BCUT2D eigenvalue weighted by Gasteiger charge is -2.21. The van der Waals surface area contributed by atoms with Crippen LogP contribution in [0, 0.1) is 11.7 Å². The van der Waals surface area contributed by atoms with Gasteiger partial charge in [-0.1, -0.05) is 20.3 Å². The van der Waals surface area contributed by atoms with Crippen LogP contribution in [-0.4, -0.2) is 35.6 Å². The van der Waals surface area contributed by atoms with Crippen molar-refractivity contribution in [2.75, 3.05) is 18.9 Å². The van der Waals surface area contributed by atoms with E-state index in [0.717, 1.165) is 18.6 Å². The second kappa shape index (κ2) is 6.88. The van der Waals surface area contributed by atoms with Gasteiger partial charge in [-0.25, -0.2) is 14.0 Å². The molecule has 0 aliphatic rings. The van der Waals surface area contributed by atoms with Crippen molar-refractivity contribution >= 4 is 17.7 Å². The highest BCUT2D eigenvalue weighted by molar-refractivity contribution is 5.99. The van der Waals surface area contributed by atoms with Crippen LogP contribution in [0.5, 0.6) is 0 Å². The number of anilines is 1. The van der Waals surface area contributed by atoms with Crippen LogP contribution < -0.4 is 5.32 Å². The summed E-state index contributed by atoms with van der Waals surface area (Å²) >= 11 is 0. The summed E-state index contributed by atoms with van der Waals surface area (Å²) in [4.78, 5) is 24.4. The quantitative estimate of drug-likeness (QED) is 0.872. The fraction of sp³-hybridized carbons (Fsp3) is 0.429. The van der Waals surface area contributed by atoms with Crippen LogP contribution in [0.3, 0.4) is 0 Å². The molecule has 0 saturated carbocycles. The van der Waals surface area contributed by atoms with Gasteiger partial charge >= 0.3 is 12.0 Å². The summed E-state index contributed by atoms with van der Waals surface area (Å²) in [6, 6.07) is 2.82. The molecule has 6 heteroatoms. The third-order valence-corrected chi connectivity index (χ3v) is 3.08. The van der Waals surface area contributed by atoms with Crippen LogP contribution in [0.15, 0.2) is 18.2 Å². The van der Waals surface area contributed by atoms with Crippen molar-refractivity contribution in [1.29, 1.82) is 0 Å². The molecule has 1 rings (SSSR count). The monoisotopic (exact) mass is 282 g/mol. The Morgan fingerprint density at radius 1 is 1.45 bits per heavy atom. The molecule has 1 aromatic carbocycles. The summed E-state index contributed by atoms with van der Waals surface area (Å²) in [5, 5.41) is 11.5. The molecule has 1 unspecified atom stereocenters. The van der Waals surface area contributed by atoms with E-state index in [2.05, 4.69) is 5.32 Å². The summed E-state index contributed by atoms with van der Waals surface area (Å²) < 4.78 is 13.0. The number of hydrogen-bond donors (Lipinski definition) is 2. The lowest BCUT2D eigenvalue weighted by Crippen LogP contribution is -2.35. The predicted molar refractivity (Wildman–Crippen MR) is 74.5 cm³/mol. The minimum atomic E-state index is -1.29. The Kier molecular flexibility index (Phi) is 5.49. The maximum Gasteiger partial charge on any atom is 0.337 e. The van der Waals surface area contributed by atoms with E-state index in [1.807, 2.05) is 13.8 Å². The van der Waals surface area contributed by atoms with Gasteiger partial charge in [0.1, 0.15) is 5.82 Å². The normalized spacial score (nSPS) is 11.8. The first-order valence-corrected chi connectivity index (χ1v) is 6.40. The molecule has 0 aromatic heterocycles. The molecular formula is C14H19FN2O3. The summed E-state index contributed by atoms with van der Waals surface area (Å²) in [6.07, 6.45) is 0.939. The fourth-order valence-corrected chi connectivity index (χ4v) is 1.69. The van der Waals surface area contributed by atoms with Gasteiger partial charge in [0.05, 0.1) is 11.3 Å². The zero-order valence-electron chi connectivity index (χ0n) is 11.8. The van der Waals surface area contributed by atoms with Gasteiger partial charge in [-0.05, 0) is 24.1 Å². The van der Waals surface area contributed by atoms with Crippen LogP contribution in [0.1, 0.15) is 30.6 Å². The Hall–Kier alpha value is -2.11. The smallest absolute Gasteiger partial charge is 0.337 e. The van der Waals surface area contributed by atoms with E-state index in [-0.39, 0.29) is 11.3 Å². The molecule has 1 aromatic rings. The minimum absolute atomic E-state index is 0.0832. The number of aromatic carboxylic acids is 1. The van der Waals surface area contributed by atoms with Gasteiger partial charge in [-0.15, -0.1) is 0 Å². The SMILES string of the molecule is CCC(C)CN(C)C(=O)Nc1ccc(F)cc1C(=O)O. The van der Waals surface area contributed by atoms with Gasteiger partial charge < -0.3 is 15.3 Å². The van der Waals surface area contributed by atoms with Crippen molar-refractivity contribution < 1.29 is 19.1 Å². The number of rotatable bonds is 5. The van der Waals surface area contributed by atoms with Crippen LogP contribution in [-0.2, 0) is 0 Å². The van der Waals surface area contributed by atoms with Crippen molar-refractivity contribution in [3.8, 4) is 0 Å². The van der Waals surface area contributed by atoms with Crippen molar-refractivity contribution in [2.24, 2.45) is 5.92 Å². The Balaban J connectivity index is 2.83. The van der Waals surface area contributed by atoms with E-state index in [1.165, 1.54) is 11.0 Å². The van der Waals surface area contributed by atoms with Gasteiger partial charge in [0, 0.05) is 13.6 Å². The molecule has 20 heavy (non-hydrogen) atoms. The molecule has 0 aliphatic heterocycles. The fourth-order valence-electron chi connectivity index (χ4n) is 1.69. The second-order valence-electron chi connectivity index (χ2n) is 4.82. The number of carboxylic acids is 1. The maximum absolute atomic E-state index is 13.0. The maximum atomic E-state index is 13.0. The number of carboxylic acid groups (broad SMARTS) is 1. The number of carbonyl (C=O) groups is 2. The van der Waals surface area contributed by atoms with Crippen molar-refractivity contribution in [3.05, 3.63) is 29.6 Å². The van der Waals surface area contributed by atoms with E-state index < -0.39 is 17.8 Å². The van der Waals surface area contributed by atoms with Gasteiger partial charge in [-0.2, -0.15) is 0 Å². The first-order chi connectivity index (χ1) is 9.35. The molecule has 5 nitrogen and oxygen atoms in total. The van der Waals surface area contributed by atoms with E-state index in [4.69, 9.17) is 5.11 Å². The van der Waals surface area contributed by atoms with Crippen molar-refractivity contribution in [2.45, 2.75) is 20.3 Å². The Bertz CT molecular complexity index is 505. The topological polar surface area (TPSA) is 69.6 Å². The molecule has 0 heterocycles.